The number of anilines is 1. The smallest absolute Gasteiger partial charge is 0.275 e. The molecule has 0 radical (unpaired) electrons. The third-order valence-electron chi connectivity index (χ3n) is 14.8. The first kappa shape index (κ1) is 46.6. The summed E-state index contributed by atoms with van der Waals surface area (Å²) >= 11 is 0. The summed E-state index contributed by atoms with van der Waals surface area (Å²) in [4.78, 5) is 67.9. The van der Waals surface area contributed by atoms with Crippen molar-refractivity contribution in [3.05, 3.63) is 128 Å². The highest BCUT2D eigenvalue weighted by atomic mass is 16.5. The predicted octanol–water partition coefficient (Wildman–Crippen LogP) is 5.13. The standard InChI is InChI=1S/C53H58N12O5/c1-35-43-32-41(12-13-42(43)52(69)65(61-35)45-14-15-46(66)57-51(45)68)62-25-27-64(28-26-62)48-7-2-3-23-63(48)24-19-53(17-21-55-22-18-53)34-70-47-16-20-56-49(58-47)38-10-8-36(9-11-38)29-40-31-44(59-60-50(40)67)39-6-4-5-37(30-39)33-54/h4-6,8-13,16,20,30-32,45,48,55H,2-3,7,14-15,17-19,21-29,34H2,1H3,(H,60,67)(H,57,66,68). The van der Waals surface area contributed by atoms with Crippen molar-refractivity contribution in [2.75, 3.05) is 63.9 Å². The van der Waals surface area contributed by atoms with Gasteiger partial charge < -0.3 is 15.0 Å². The summed E-state index contributed by atoms with van der Waals surface area (Å²) in [6.45, 7) is 10.1. The van der Waals surface area contributed by atoms with Gasteiger partial charge in [-0.05, 0) is 113 Å². The van der Waals surface area contributed by atoms with E-state index in [0.29, 0.717) is 58.8 Å². The Bertz CT molecular complexity index is 3060. The summed E-state index contributed by atoms with van der Waals surface area (Å²) in [6, 6.07) is 26.0. The number of carbonyl (C=O) groups excluding carboxylic acids is 2. The van der Waals surface area contributed by atoms with E-state index in [1.807, 2.05) is 55.5 Å². The molecule has 2 unspecified atom stereocenters. The number of nitrogens with zero attached hydrogens (tertiary/aromatic N) is 9. The zero-order valence-corrected chi connectivity index (χ0v) is 39.5. The lowest BCUT2D eigenvalue weighted by atomic mass is 9.76. The average molecular weight is 943 g/mol. The molecule has 3 N–H and O–H groups in total. The number of fused-ring (bicyclic) bond motifs is 1. The minimum atomic E-state index is -0.796. The summed E-state index contributed by atoms with van der Waals surface area (Å²) < 4.78 is 7.83. The molecular weight excluding hydrogens is 885 g/mol. The van der Waals surface area contributed by atoms with Crippen LogP contribution in [0, 0.1) is 23.7 Å². The first-order chi connectivity index (χ1) is 34.1. The molecule has 4 saturated heterocycles. The minimum absolute atomic E-state index is 0.00998. The van der Waals surface area contributed by atoms with E-state index in [1.165, 1.54) is 17.5 Å². The summed E-state index contributed by atoms with van der Waals surface area (Å²) in [7, 11) is 0. The highest BCUT2D eigenvalue weighted by molar-refractivity contribution is 5.99. The predicted molar refractivity (Wildman–Crippen MR) is 265 cm³/mol. The second kappa shape index (κ2) is 20.5. The largest absolute Gasteiger partial charge is 0.477 e. The van der Waals surface area contributed by atoms with E-state index in [4.69, 9.17) is 9.72 Å². The molecule has 17 heteroatoms. The summed E-state index contributed by atoms with van der Waals surface area (Å²) in [5.74, 6) is 0.321. The fourth-order valence-corrected chi connectivity index (χ4v) is 10.7. The number of aryl methyl sites for hydroxylation is 1. The van der Waals surface area contributed by atoms with E-state index in [-0.39, 0.29) is 35.3 Å². The number of aromatic amines is 1. The fourth-order valence-electron chi connectivity index (χ4n) is 10.7. The van der Waals surface area contributed by atoms with Crippen molar-refractivity contribution in [1.29, 1.82) is 5.26 Å². The number of ether oxygens (including phenoxy) is 1. The number of H-pyrrole nitrogens is 1. The van der Waals surface area contributed by atoms with E-state index in [9.17, 15) is 24.4 Å². The molecule has 4 aliphatic rings. The number of nitriles is 1. The molecule has 6 aromatic rings. The van der Waals surface area contributed by atoms with Gasteiger partial charge in [-0.25, -0.2) is 14.8 Å². The molecule has 0 aliphatic carbocycles. The van der Waals surface area contributed by atoms with Crippen molar-refractivity contribution >= 4 is 28.3 Å². The Kier molecular flexibility index (Phi) is 13.6. The van der Waals surface area contributed by atoms with Gasteiger partial charge in [0.1, 0.15) is 6.04 Å². The number of imide groups is 1. The van der Waals surface area contributed by atoms with Gasteiger partial charge in [-0.2, -0.15) is 20.4 Å². The first-order valence-electron chi connectivity index (χ1n) is 24.6. The number of hydrogen-bond donors (Lipinski definition) is 3. The zero-order chi connectivity index (χ0) is 48.2. The van der Waals surface area contributed by atoms with Crippen LogP contribution in [0.4, 0.5) is 5.69 Å². The number of nitrogens with one attached hydrogen (secondary N) is 3. The van der Waals surface area contributed by atoms with E-state index >= 15 is 0 Å². The molecule has 2 amide bonds. The van der Waals surface area contributed by atoms with Gasteiger partial charge in [0.15, 0.2) is 5.82 Å². The third-order valence-corrected chi connectivity index (χ3v) is 14.8. The normalized spacial score (nSPS) is 20.0. The quantitative estimate of drug-likeness (QED) is 0.129. The Hall–Kier alpha value is -7.13. The Labute approximate surface area is 405 Å². The summed E-state index contributed by atoms with van der Waals surface area (Å²) in [5.41, 5.74) is 5.44. The molecule has 2 atom stereocenters. The molecular formula is C53H58N12O5. The number of rotatable bonds is 13. The Balaban J connectivity index is 0.753. The number of likely N-dealkylation sites (tertiary alicyclic amines) is 1. The lowest BCUT2D eigenvalue weighted by Gasteiger charge is -2.47. The first-order valence-corrected chi connectivity index (χ1v) is 24.6. The van der Waals surface area contributed by atoms with Crippen molar-refractivity contribution in [3.63, 3.8) is 0 Å². The number of piperidine rings is 3. The maximum atomic E-state index is 13.6. The van der Waals surface area contributed by atoms with E-state index in [0.717, 1.165) is 106 Å². The Morgan fingerprint density at radius 1 is 0.871 bits per heavy atom. The van der Waals surface area contributed by atoms with E-state index in [2.05, 4.69) is 57.7 Å². The van der Waals surface area contributed by atoms with Crippen LogP contribution in [0.1, 0.15) is 79.8 Å². The van der Waals surface area contributed by atoms with Crippen molar-refractivity contribution in [2.45, 2.75) is 76.9 Å². The van der Waals surface area contributed by atoms with Gasteiger partial charge in [-0.1, -0.05) is 36.4 Å². The molecule has 0 bridgehead atoms. The second-order valence-electron chi connectivity index (χ2n) is 19.2. The number of benzene rings is 3. The fraction of sp³-hybridized carbons (Fsp3) is 0.415. The molecule has 0 saturated carbocycles. The monoisotopic (exact) mass is 942 g/mol. The number of hydrogen-bond acceptors (Lipinski definition) is 14. The Morgan fingerprint density at radius 2 is 1.70 bits per heavy atom. The van der Waals surface area contributed by atoms with Crippen LogP contribution in [0.2, 0.25) is 0 Å². The second-order valence-corrected chi connectivity index (χ2v) is 19.2. The van der Waals surface area contributed by atoms with Crippen LogP contribution in [0.25, 0.3) is 33.4 Å². The van der Waals surface area contributed by atoms with Crippen LogP contribution in [0.15, 0.2) is 94.6 Å². The van der Waals surface area contributed by atoms with Gasteiger partial charge in [0.2, 0.25) is 11.8 Å². The molecule has 70 heavy (non-hydrogen) atoms. The molecule has 3 aromatic carbocycles. The molecule has 4 aliphatic heterocycles. The number of amides is 2. The highest BCUT2D eigenvalue weighted by Gasteiger charge is 2.37. The molecule has 4 fully saturated rings. The van der Waals surface area contributed by atoms with Crippen LogP contribution in [-0.2, 0) is 16.0 Å². The van der Waals surface area contributed by atoms with Crippen LogP contribution in [0.5, 0.6) is 5.88 Å². The average Bonchev–Trinajstić information content (AvgIpc) is 3.40. The van der Waals surface area contributed by atoms with Crippen LogP contribution >= 0.6 is 0 Å². The number of piperazine rings is 1. The van der Waals surface area contributed by atoms with Gasteiger partial charge in [-0.15, -0.1) is 0 Å². The van der Waals surface area contributed by atoms with Crippen LogP contribution in [0.3, 0.4) is 0 Å². The minimum Gasteiger partial charge on any atom is -0.477 e. The lowest BCUT2D eigenvalue weighted by Crippen LogP contribution is -2.58. The van der Waals surface area contributed by atoms with Gasteiger partial charge >= 0.3 is 0 Å². The van der Waals surface area contributed by atoms with E-state index in [1.54, 1.807) is 30.5 Å². The van der Waals surface area contributed by atoms with Gasteiger partial charge in [0.25, 0.3) is 17.0 Å². The zero-order valence-electron chi connectivity index (χ0n) is 39.5. The lowest BCUT2D eigenvalue weighted by molar-refractivity contribution is -0.136. The number of aromatic nitrogens is 6. The topological polar surface area (TPSA) is 207 Å². The molecule has 0 spiro atoms. The number of carbonyl (C=O) groups is 2. The maximum Gasteiger partial charge on any atom is 0.275 e. The summed E-state index contributed by atoms with van der Waals surface area (Å²) in [5, 5.41) is 27.9. The molecule has 3 aromatic heterocycles. The van der Waals surface area contributed by atoms with Crippen molar-refractivity contribution in [2.24, 2.45) is 5.41 Å². The molecule has 17 nitrogen and oxygen atoms in total. The van der Waals surface area contributed by atoms with Crippen molar-refractivity contribution in [3.8, 4) is 34.6 Å². The van der Waals surface area contributed by atoms with Crippen LogP contribution in [-0.4, -0.2) is 117 Å². The van der Waals surface area contributed by atoms with Gasteiger partial charge in [0.05, 0.1) is 41.2 Å². The van der Waals surface area contributed by atoms with Crippen molar-refractivity contribution < 1.29 is 14.3 Å². The highest BCUT2D eigenvalue weighted by Crippen LogP contribution is 2.36. The van der Waals surface area contributed by atoms with Gasteiger partial charge in [-0.3, -0.25) is 34.3 Å². The van der Waals surface area contributed by atoms with Crippen LogP contribution < -0.4 is 31.4 Å². The Morgan fingerprint density at radius 3 is 2.50 bits per heavy atom. The third kappa shape index (κ3) is 10.1. The molecule has 360 valence electrons. The summed E-state index contributed by atoms with van der Waals surface area (Å²) in [6.07, 6.45) is 9.65. The maximum absolute atomic E-state index is 13.6. The van der Waals surface area contributed by atoms with Crippen molar-refractivity contribution in [1.82, 2.24) is 50.4 Å². The SMILES string of the molecule is Cc1nn(C2CCC(=O)NC2=O)c(=O)c2ccc(N3CCN(C4CCCCN4CCC4(COc5ccnc(-c6ccc(Cc7cc(-c8cccc(C#N)c8)n[nH]c7=O)cc6)n5)CCNCC4)CC3)cc12. The van der Waals surface area contributed by atoms with Gasteiger partial charge in [0, 0.05) is 91.0 Å². The molecule has 10 rings (SSSR count). The van der Waals surface area contributed by atoms with E-state index < -0.39 is 11.9 Å². The molecule has 7 heterocycles.